The summed E-state index contributed by atoms with van der Waals surface area (Å²) < 4.78 is 0. The molecule has 4 heteroatoms. The van der Waals surface area contributed by atoms with Crippen molar-refractivity contribution >= 4 is 5.91 Å². The first kappa shape index (κ1) is 11.7. The van der Waals surface area contributed by atoms with Crippen LogP contribution < -0.4 is 5.32 Å². The van der Waals surface area contributed by atoms with Gasteiger partial charge in [-0.2, -0.15) is 0 Å². The average molecular weight is 209 g/mol. The third kappa shape index (κ3) is 2.34. The fourth-order valence-corrected chi connectivity index (χ4v) is 1.39. The van der Waals surface area contributed by atoms with Gasteiger partial charge in [0.15, 0.2) is 6.10 Å². The van der Waals surface area contributed by atoms with E-state index in [9.17, 15) is 4.79 Å². The summed E-state index contributed by atoms with van der Waals surface area (Å²) in [5.74, 6) is -0.281. The molecule has 1 aliphatic rings. The number of carbonyl (C=O) groups is 1. The van der Waals surface area contributed by atoms with Gasteiger partial charge in [-0.1, -0.05) is 44.2 Å². The second-order valence-corrected chi connectivity index (χ2v) is 2.92. The fraction of sp³-hybridized carbons (Fsp3) is 0.364. The zero-order valence-corrected chi connectivity index (χ0v) is 8.81. The molecule has 1 aliphatic heterocycles. The number of hydrogen-bond acceptors (Lipinski definition) is 3. The van der Waals surface area contributed by atoms with Gasteiger partial charge < -0.3 is 5.32 Å². The summed E-state index contributed by atoms with van der Waals surface area (Å²) in [4.78, 5) is 14.9. The smallest absolute Gasteiger partial charge is 0.255 e. The highest BCUT2D eigenvalue weighted by Gasteiger charge is 2.41. The van der Waals surface area contributed by atoms with Gasteiger partial charge >= 0.3 is 0 Å². The van der Waals surface area contributed by atoms with Crippen molar-refractivity contribution in [2.45, 2.75) is 26.0 Å². The lowest BCUT2D eigenvalue weighted by atomic mass is 9.94. The minimum Gasteiger partial charge on any atom is -0.344 e. The number of hydrogen-bond donors (Lipinski definition) is 2. The van der Waals surface area contributed by atoms with Crippen molar-refractivity contribution in [1.82, 2.24) is 5.32 Å². The molecule has 2 N–H and O–H groups in total. The summed E-state index contributed by atoms with van der Waals surface area (Å²) in [6.07, 6.45) is -0.762. The zero-order valence-electron chi connectivity index (χ0n) is 8.81. The van der Waals surface area contributed by atoms with Gasteiger partial charge in [-0.15, -0.1) is 0 Å². The van der Waals surface area contributed by atoms with Crippen molar-refractivity contribution in [2.24, 2.45) is 0 Å². The maximum absolute atomic E-state index is 10.8. The molecular weight excluding hydrogens is 194 g/mol. The Kier molecular flexibility index (Phi) is 4.27. The van der Waals surface area contributed by atoms with Crippen LogP contribution in [0, 0.1) is 0 Å². The summed E-state index contributed by atoms with van der Waals surface area (Å²) in [6, 6.07) is 9.15. The SMILES string of the molecule is CC.O=C1NC(c2ccccc2)C1OO. The van der Waals surface area contributed by atoms with Crippen LogP contribution in [0.15, 0.2) is 30.3 Å². The highest BCUT2D eigenvalue weighted by Crippen LogP contribution is 2.25. The molecule has 0 spiro atoms. The van der Waals surface area contributed by atoms with Crippen LogP contribution in [0.4, 0.5) is 0 Å². The predicted octanol–water partition coefficient (Wildman–Crippen LogP) is 1.74. The van der Waals surface area contributed by atoms with Crippen molar-refractivity contribution in [3.63, 3.8) is 0 Å². The van der Waals surface area contributed by atoms with Crippen LogP contribution in [-0.4, -0.2) is 17.3 Å². The lowest BCUT2D eigenvalue weighted by molar-refractivity contribution is -0.288. The van der Waals surface area contributed by atoms with Gasteiger partial charge in [0, 0.05) is 0 Å². The topological polar surface area (TPSA) is 58.6 Å². The predicted molar refractivity (Wildman–Crippen MR) is 56.2 cm³/mol. The van der Waals surface area contributed by atoms with Crippen molar-refractivity contribution in [1.29, 1.82) is 0 Å². The molecule has 1 amide bonds. The molecule has 2 unspecified atom stereocenters. The van der Waals surface area contributed by atoms with E-state index in [0.29, 0.717) is 0 Å². The van der Waals surface area contributed by atoms with Crippen LogP contribution >= 0.6 is 0 Å². The second-order valence-electron chi connectivity index (χ2n) is 2.92. The second kappa shape index (κ2) is 5.48. The fourth-order valence-electron chi connectivity index (χ4n) is 1.39. The number of amides is 1. The minimum absolute atomic E-state index is 0.223. The van der Waals surface area contributed by atoms with E-state index in [1.54, 1.807) is 0 Å². The van der Waals surface area contributed by atoms with E-state index < -0.39 is 6.10 Å². The van der Waals surface area contributed by atoms with Gasteiger partial charge in [-0.25, -0.2) is 4.89 Å². The standard InChI is InChI=1S/C9H9NO3.C2H6/c11-9-8(13-12)7(10-9)6-4-2-1-3-5-6;1-2/h1-5,7-8,12H,(H,10,11);1-2H3. The summed E-state index contributed by atoms with van der Waals surface area (Å²) in [6.45, 7) is 4.00. The molecule has 1 aromatic carbocycles. The summed E-state index contributed by atoms with van der Waals surface area (Å²) >= 11 is 0. The van der Waals surface area contributed by atoms with Crippen molar-refractivity contribution in [3.05, 3.63) is 35.9 Å². The number of nitrogens with one attached hydrogen (secondary N) is 1. The number of rotatable bonds is 2. The molecule has 15 heavy (non-hydrogen) atoms. The van der Waals surface area contributed by atoms with Crippen LogP contribution in [0.3, 0.4) is 0 Å². The lowest BCUT2D eigenvalue weighted by Crippen LogP contribution is -2.56. The van der Waals surface area contributed by atoms with Gasteiger partial charge in [0.2, 0.25) is 0 Å². The van der Waals surface area contributed by atoms with Crippen LogP contribution in [0.1, 0.15) is 25.5 Å². The monoisotopic (exact) mass is 209 g/mol. The van der Waals surface area contributed by atoms with Crippen LogP contribution in [-0.2, 0) is 9.68 Å². The maximum Gasteiger partial charge on any atom is 0.255 e. The third-order valence-electron chi connectivity index (χ3n) is 2.13. The van der Waals surface area contributed by atoms with E-state index in [2.05, 4.69) is 10.2 Å². The number of benzene rings is 1. The quantitative estimate of drug-likeness (QED) is 0.443. The van der Waals surface area contributed by atoms with Crippen LogP contribution in [0.25, 0.3) is 0 Å². The molecular formula is C11H15NO3. The minimum atomic E-state index is -0.762. The number of β-lactam (4-membered cyclic amide) rings is 1. The van der Waals surface area contributed by atoms with Gasteiger partial charge in [-0.3, -0.25) is 10.1 Å². The Balaban J connectivity index is 0.000000531. The Hall–Kier alpha value is -1.39. The van der Waals surface area contributed by atoms with Crippen molar-refractivity contribution in [3.8, 4) is 0 Å². The Morgan fingerprint density at radius 3 is 2.33 bits per heavy atom. The van der Waals surface area contributed by atoms with Crippen LogP contribution in [0.2, 0.25) is 0 Å². The van der Waals surface area contributed by atoms with Crippen molar-refractivity contribution < 1.29 is 14.9 Å². The Labute approximate surface area is 88.8 Å². The van der Waals surface area contributed by atoms with Gasteiger partial charge in [0.25, 0.3) is 5.91 Å². The summed E-state index contributed by atoms with van der Waals surface area (Å²) in [7, 11) is 0. The van der Waals surface area contributed by atoms with E-state index in [0.717, 1.165) is 5.56 Å². The van der Waals surface area contributed by atoms with E-state index >= 15 is 0 Å². The highest BCUT2D eigenvalue weighted by atomic mass is 17.1. The third-order valence-corrected chi connectivity index (χ3v) is 2.13. The Morgan fingerprint density at radius 2 is 1.87 bits per heavy atom. The molecule has 0 radical (unpaired) electrons. The molecule has 0 aliphatic carbocycles. The molecule has 82 valence electrons. The van der Waals surface area contributed by atoms with E-state index in [1.165, 1.54) is 0 Å². The zero-order chi connectivity index (χ0) is 11.3. The van der Waals surface area contributed by atoms with Gasteiger partial charge in [0.05, 0.1) is 6.04 Å². The molecule has 0 saturated carbocycles. The maximum atomic E-state index is 10.8. The lowest BCUT2D eigenvalue weighted by Gasteiger charge is -2.34. The first-order chi connectivity index (χ1) is 7.33. The van der Waals surface area contributed by atoms with E-state index in [4.69, 9.17) is 5.26 Å². The van der Waals surface area contributed by atoms with E-state index in [-0.39, 0.29) is 11.9 Å². The molecule has 1 saturated heterocycles. The Bertz CT molecular complexity index is 313. The molecule has 1 aromatic rings. The molecule has 1 heterocycles. The number of carbonyl (C=O) groups excluding carboxylic acids is 1. The van der Waals surface area contributed by atoms with Gasteiger partial charge in [-0.05, 0) is 5.56 Å². The summed E-state index contributed by atoms with van der Waals surface area (Å²) in [5.41, 5.74) is 0.932. The highest BCUT2D eigenvalue weighted by molar-refractivity contribution is 5.88. The largest absolute Gasteiger partial charge is 0.344 e. The van der Waals surface area contributed by atoms with Crippen molar-refractivity contribution in [2.75, 3.05) is 0 Å². The molecule has 4 nitrogen and oxygen atoms in total. The Morgan fingerprint density at radius 1 is 1.27 bits per heavy atom. The first-order valence-corrected chi connectivity index (χ1v) is 4.98. The average Bonchev–Trinajstić information content (AvgIpc) is 2.30. The first-order valence-electron chi connectivity index (χ1n) is 4.98. The van der Waals surface area contributed by atoms with E-state index in [1.807, 2.05) is 44.2 Å². The van der Waals surface area contributed by atoms with Crippen LogP contribution in [0.5, 0.6) is 0 Å². The van der Waals surface area contributed by atoms with Gasteiger partial charge in [0.1, 0.15) is 0 Å². The summed E-state index contributed by atoms with van der Waals surface area (Å²) in [5, 5.41) is 11.1. The molecule has 2 rings (SSSR count). The molecule has 2 atom stereocenters. The molecule has 1 fully saturated rings. The normalized spacial score (nSPS) is 23.3. The molecule has 0 aromatic heterocycles. The molecule has 0 bridgehead atoms.